The Bertz CT molecular complexity index is 438. The Balaban J connectivity index is 2.84. The number of carbonyl (C=O) groups excluding carboxylic acids is 2. The van der Waals surface area contributed by atoms with Gasteiger partial charge in [-0.2, -0.15) is 13.2 Å². The largest absolute Gasteiger partial charge is 0.471 e. The summed E-state index contributed by atoms with van der Waals surface area (Å²) in [6.45, 7) is 0. The molecule has 0 aliphatic heterocycles. The number of halogens is 3. The molecule has 0 aromatic heterocycles. The standard InChI is InChI=1S/C11H8F3NO2/c12-11(13,14)10(17)15-9(7-16)6-8-4-2-1-3-5-8/h1-7H,(H,15,17). The van der Waals surface area contributed by atoms with Gasteiger partial charge >= 0.3 is 12.1 Å². The quantitative estimate of drug-likeness (QED) is 0.651. The van der Waals surface area contributed by atoms with Gasteiger partial charge < -0.3 is 5.32 Å². The van der Waals surface area contributed by atoms with E-state index in [-0.39, 0.29) is 6.29 Å². The molecule has 0 atom stereocenters. The van der Waals surface area contributed by atoms with Crippen molar-refractivity contribution < 1.29 is 22.8 Å². The fourth-order valence-electron chi connectivity index (χ4n) is 1.03. The van der Waals surface area contributed by atoms with E-state index in [4.69, 9.17) is 0 Å². The van der Waals surface area contributed by atoms with Gasteiger partial charge in [-0.1, -0.05) is 30.3 Å². The van der Waals surface area contributed by atoms with Crippen LogP contribution in [-0.2, 0) is 9.59 Å². The van der Waals surface area contributed by atoms with Gasteiger partial charge in [0.05, 0.1) is 5.70 Å². The molecule has 0 saturated carbocycles. The molecule has 0 saturated heterocycles. The van der Waals surface area contributed by atoms with E-state index in [0.29, 0.717) is 5.56 Å². The number of alkyl halides is 3. The van der Waals surface area contributed by atoms with E-state index in [2.05, 4.69) is 0 Å². The molecule has 3 nitrogen and oxygen atoms in total. The fourth-order valence-corrected chi connectivity index (χ4v) is 1.03. The Morgan fingerprint density at radius 1 is 1.18 bits per heavy atom. The molecule has 0 bridgehead atoms. The van der Waals surface area contributed by atoms with E-state index >= 15 is 0 Å². The highest BCUT2D eigenvalue weighted by atomic mass is 19.4. The van der Waals surface area contributed by atoms with E-state index in [9.17, 15) is 22.8 Å². The first kappa shape index (κ1) is 13.0. The summed E-state index contributed by atoms with van der Waals surface area (Å²) < 4.78 is 35.8. The maximum atomic E-state index is 11.9. The number of hydrogen-bond acceptors (Lipinski definition) is 2. The first-order valence-corrected chi connectivity index (χ1v) is 4.53. The third kappa shape index (κ3) is 4.10. The van der Waals surface area contributed by atoms with Crippen LogP contribution in [0.4, 0.5) is 13.2 Å². The van der Waals surface area contributed by atoms with Crippen LogP contribution in [0.25, 0.3) is 6.08 Å². The molecule has 90 valence electrons. The van der Waals surface area contributed by atoms with E-state index in [0.717, 1.165) is 6.08 Å². The number of allylic oxidation sites excluding steroid dienone is 1. The molecule has 1 aromatic carbocycles. The summed E-state index contributed by atoms with van der Waals surface area (Å²) in [5.74, 6) is -2.17. The predicted molar refractivity (Wildman–Crippen MR) is 54.7 cm³/mol. The van der Waals surface area contributed by atoms with Crippen molar-refractivity contribution in [3.05, 3.63) is 41.6 Å². The summed E-state index contributed by atoms with van der Waals surface area (Å²) in [5, 5.41) is 1.48. The Morgan fingerprint density at radius 2 is 1.76 bits per heavy atom. The Hall–Kier alpha value is -2.11. The highest BCUT2D eigenvalue weighted by molar-refractivity contribution is 5.92. The molecule has 17 heavy (non-hydrogen) atoms. The molecular weight excluding hydrogens is 235 g/mol. The van der Waals surface area contributed by atoms with Gasteiger partial charge in [-0.15, -0.1) is 0 Å². The van der Waals surface area contributed by atoms with Crippen molar-refractivity contribution in [1.29, 1.82) is 0 Å². The van der Waals surface area contributed by atoms with Crippen LogP contribution in [0.2, 0.25) is 0 Å². The summed E-state index contributed by atoms with van der Waals surface area (Å²) in [6.07, 6.45) is -3.72. The summed E-state index contributed by atoms with van der Waals surface area (Å²) in [4.78, 5) is 21.1. The van der Waals surface area contributed by atoms with Gasteiger partial charge in [0.25, 0.3) is 0 Å². The normalized spacial score (nSPS) is 12.1. The van der Waals surface area contributed by atoms with Crippen molar-refractivity contribution >= 4 is 18.3 Å². The molecule has 1 amide bonds. The average Bonchev–Trinajstić information content (AvgIpc) is 2.28. The molecule has 1 N–H and O–H groups in total. The summed E-state index contributed by atoms with van der Waals surface area (Å²) in [5.41, 5.74) is 0.0654. The number of amides is 1. The van der Waals surface area contributed by atoms with Gasteiger partial charge in [-0.3, -0.25) is 9.59 Å². The number of nitrogens with one attached hydrogen (secondary N) is 1. The lowest BCUT2D eigenvalue weighted by Crippen LogP contribution is -2.36. The molecule has 1 rings (SSSR count). The summed E-state index contributed by atoms with van der Waals surface area (Å²) in [6, 6.07) is 8.19. The van der Waals surface area contributed by atoms with Crippen LogP contribution in [-0.4, -0.2) is 18.4 Å². The second-order valence-corrected chi connectivity index (χ2v) is 3.08. The van der Waals surface area contributed by atoms with Gasteiger partial charge in [-0.05, 0) is 11.6 Å². The number of carbonyl (C=O) groups is 2. The van der Waals surface area contributed by atoms with Crippen LogP contribution in [0.1, 0.15) is 5.56 Å². The summed E-state index contributed by atoms with van der Waals surface area (Å²) >= 11 is 0. The predicted octanol–water partition coefficient (Wildman–Crippen LogP) is 1.90. The number of rotatable bonds is 3. The minimum atomic E-state index is -5.02. The van der Waals surface area contributed by atoms with Crippen molar-refractivity contribution in [3.63, 3.8) is 0 Å². The zero-order valence-corrected chi connectivity index (χ0v) is 8.49. The molecule has 0 aliphatic carbocycles. The van der Waals surface area contributed by atoms with E-state index in [1.807, 2.05) is 0 Å². The zero-order chi connectivity index (χ0) is 12.9. The number of hydrogen-bond donors (Lipinski definition) is 1. The molecule has 0 unspecified atom stereocenters. The second-order valence-electron chi connectivity index (χ2n) is 3.08. The molecule has 0 fully saturated rings. The molecule has 1 aromatic rings. The Labute approximate surface area is 94.9 Å². The average molecular weight is 243 g/mol. The molecule has 0 aliphatic rings. The first-order chi connectivity index (χ1) is 7.93. The van der Waals surface area contributed by atoms with E-state index in [1.165, 1.54) is 5.32 Å². The van der Waals surface area contributed by atoms with Crippen LogP contribution in [0.3, 0.4) is 0 Å². The Morgan fingerprint density at radius 3 is 2.24 bits per heavy atom. The van der Waals surface area contributed by atoms with Crippen molar-refractivity contribution in [3.8, 4) is 0 Å². The maximum Gasteiger partial charge on any atom is 0.471 e. The monoisotopic (exact) mass is 243 g/mol. The lowest BCUT2D eigenvalue weighted by atomic mass is 10.2. The van der Waals surface area contributed by atoms with Gasteiger partial charge in [0.1, 0.15) is 0 Å². The van der Waals surface area contributed by atoms with E-state index in [1.54, 1.807) is 30.3 Å². The topological polar surface area (TPSA) is 46.2 Å². The number of aldehydes is 1. The fraction of sp³-hybridized carbons (Fsp3) is 0.0909. The highest BCUT2D eigenvalue weighted by Crippen LogP contribution is 2.15. The van der Waals surface area contributed by atoms with Crippen LogP contribution < -0.4 is 5.32 Å². The molecule has 6 heteroatoms. The van der Waals surface area contributed by atoms with Crippen molar-refractivity contribution in [2.24, 2.45) is 0 Å². The number of benzene rings is 1. The molecule has 0 heterocycles. The van der Waals surface area contributed by atoms with Crippen molar-refractivity contribution in [1.82, 2.24) is 5.32 Å². The highest BCUT2D eigenvalue weighted by Gasteiger charge is 2.38. The zero-order valence-electron chi connectivity index (χ0n) is 8.49. The maximum absolute atomic E-state index is 11.9. The van der Waals surface area contributed by atoms with E-state index < -0.39 is 17.8 Å². The molecule has 0 spiro atoms. The SMILES string of the molecule is O=CC(=Cc1ccccc1)NC(=O)C(F)(F)F. The van der Waals surface area contributed by atoms with Crippen LogP contribution in [0.15, 0.2) is 36.0 Å². The lowest BCUT2D eigenvalue weighted by molar-refractivity contribution is -0.172. The molecule has 0 radical (unpaired) electrons. The van der Waals surface area contributed by atoms with Gasteiger partial charge in [0.15, 0.2) is 6.29 Å². The van der Waals surface area contributed by atoms with Crippen LogP contribution >= 0.6 is 0 Å². The van der Waals surface area contributed by atoms with Gasteiger partial charge in [0.2, 0.25) is 0 Å². The Kier molecular flexibility index (Phi) is 4.03. The van der Waals surface area contributed by atoms with Crippen LogP contribution in [0, 0.1) is 0 Å². The molecular formula is C11H8F3NO2. The third-order valence-corrected chi connectivity index (χ3v) is 1.76. The summed E-state index contributed by atoms with van der Waals surface area (Å²) in [7, 11) is 0. The van der Waals surface area contributed by atoms with Crippen molar-refractivity contribution in [2.75, 3.05) is 0 Å². The van der Waals surface area contributed by atoms with Crippen LogP contribution in [0.5, 0.6) is 0 Å². The lowest BCUT2D eigenvalue weighted by Gasteiger charge is -2.07. The smallest absolute Gasteiger partial charge is 0.315 e. The minimum absolute atomic E-state index is 0.149. The third-order valence-electron chi connectivity index (χ3n) is 1.76. The second kappa shape index (κ2) is 5.29. The first-order valence-electron chi connectivity index (χ1n) is 4.53. The van der Waals surface area contributed by atoms with Gasteiger partial charge in [-0.25, -0.2) is 0 Å². The minimum Gasteiger partial charge on any atom is -0.315 e. The van der Waals surface area contributed by atoms with Crippen molar-refractivity contribution in [2.45, 2.75) is 6.18 Å². The van der Waals surface area contributed by atoms with Gasteiger partial charge in [0, 0.05) is 0 Å².